The summed E-state index contributed by atoms with van der Waals surface area (Å²) < 4.78 is 25.9. The lowest BCUT2D eigenvalue weighted by molar-refractivity contribution is 0.264. The average molecular weight is 446 g/mol. The monoisotopic (exact) mass is 444 g/mol. The quantitative estimate of drug-likeness (QED) is 0.640. The first-order valence-electron chi connectivity index (χ1n) is 6.94. The summed E-state index contributed by atoms with van der Waals surface area (Å²) >= 11 is 24.4. The van der Waals surface area contributed by atoms with E-state index in [0.717, 1.165) is 11.1 Å². The molecular weight excluding hydrogens is 430 g/mol. The van der Waals surface area contributed by atoms with Crippen molar-refractivity contribution in [3.63, 3.8) is 0 Å². The molecule has 138 valence electrons. The molecular formula is C16H16Cl4O4S. The Kier molecular flexibility index (Phi) is 8.98. The van der Waals surface area contributed by atoms with Gasteiger partial charge in [0.25, 0.3) is 10.1 Å². The summed E-state index contributed by atoms with van der Waals surface area (Å²) in [7, 11) is -3.67. The lowest BCUT2D eigenvalue weighted by atomic mass is 9.92. The van der Waals surface area contributed by atoms with Crippen molar-refractivity contribution >= 4 is 56.5 Å². The van der Waals surface area contributed by atoms with Gasteiger partial charge in [0, 0.05) is 26.0 Å². The molecule has 2 rings (SSSR count). The Hall–Kier alpha value is -0.530. The maximum Gasteiger partial charge on any atom is 0.261 e. The molecule has 2 N–H and O–H groups in total. The number of rotatable bonds is 4. The third kappa shape index (κ3) is 8.13. The summed E-state index contributed by atoms with van der Waals surface area (Å²) in [6, 6.07) is 10.6. The fourth-order valence-corrected chi connectivity index (χ4v) is 3.30. The highest BCUT2D eigenvalue weighted by atomic mass is 35.5. The number of halogens is 4. The molecule has 0 amide bonds. The van der Waals surface area contributed by atoms with Crippen molar-refractivity contribution in [2.45, 2.75) is 12.3 Å². The van der Waals surface area contributed by atoms with Gasteiger partial charge in [0.2, 0.25) is 0 Å². The van der Waals surface area contributed by atoms with E-state index in [1.807, 2.05) is 6.07 Å². The van der Waals surface area contributed by atoms with Crippen molar-refractivity contribution in [3.8, 4) is 0 Å². The van der Waals surface area contributed by atoms with Crippen LogP contribution in [0.1, 0.15) is 17.0 Å². The minimum Gasteiger partial charge on any atom is -0.396 e. The maximum atomic E-state index is 9.65. The van der Waals surface area contributed by atoms with E-state index < -0.39 is 10.1 Å². The molecule has 0 radical (unpaired) electrons. The molecule has 2 aromatic rings. The topological polar surface area (TPSA) is 74.6 Å². The predicted molar refractivity (Wildman–Crippen MR) is 104 cm³/mol. The Morgan fingerprint density at radius 1 is 1.00 bits per heavy atom. The van der Waals surface area contributed by atoms with E-state index in [2.05, 4.69) is 0 Å². The Balaban J connectivity index is 0.000000550. The van der Waals surface area contributed by atoms with Crippen LogP contribution >= 0.6 is 46.4 Å². The highest BCUT2D eigenvalue weighted by molar-refractivity contribution is 7.85. The van der Waals surface area contributed by atoms with Gasteiger partial charge >= 0.3 is 0 Å². The van der Waals surface area contributed by atoms with E-state index >= 15 is 0 Å². The van der Waals surface area contributed by atoms with Gasteiger partial charge in [0.05, 0.1) is 12.9 Å². The number of aliphatic hydroxyl groups is 1. The molecule has 9 heteroatoms. The Bertz CT molecular complexity index is 797. The average Bonchev–Trinajstić information content (AvgIpc) is 2.46. The van der Waals surface area contributed by atoms with Crippen molar-refractivity contribution in [1.29, 1.82) is 0 Å². The van der Waals surface area contributed by atoms with E-state index in [0.29, 0.717) is 32.8 Å². The molecule has 0 bridgehead atoms. The minimum atomic E-state index is -3.67. The van der Waals surface area contributed by atoms with Crippen molar-refractivity contribution in [2.75, 3.05) is 12.9 Å². The zero-order chi connectivity index (χ0) is 19.2. The lowest BCUT2D eigenvalue weighted by Gasteiger charge is -2.18. The fraction of sp³-hybridized carbons (Fsp3) is 0.250. The largest absolute Gasteiger partial charge is 0.396 e. The van der Waals surface area contributed by atoms with Gasteiger partial charge in [-0.3, -0.25) is 4.55 Å². The van der Waals surface area contributed by atoms with Gasteiger partial charge in [-0.25, -0.2) is 0 Å². The normalized spacial score (nSPS) is 12.3. The summed E-state index contributed by atoms with van der Waals surface area (Å²) in [6.07, 6.45) is 1.25. The molecule has 1 atom stereocenters. The minimum absolute atomic E-state index is 0.0671. The van der Waals surface area contributed by atoms with Crippen molar-refractivity contribution < 1.29 is 18.1 Å². The molecule has 0 spiro atoms. The smallest absolute Gasteiger partial charge is 0.261 e. The second-order valence-electron chi connectivity index (χ2n) is 5.19. The van der Waals surface area contributed by atoms with Crippen LogP contribution in [0.25, 0.3) is 0 Å². The van der Waals surface area contributed by atoms with E-state index in [1.165, 1.54) is 0 Å². The zero-order valence-corrected chi connectivity index (χ0v) is 16.9. The van der Waals surface area contributed by atoms with Gasteiger partial charge < -0.3 is 5.11 Å². The molecule has 0 saturated carbocycles. The standard InChI is InChI=1S/C15H12Cl4O.CH4O3S/c16-11-5-4-9(14(19)7-11)6-10(8-20)15-12(17)2-1-3-13(15)18;1-5(2,3)4/h1-5,7,10,20H,6,8H2;1H3,(H,2,3,4). The molecule has 0 aliphatic carbocycles. The molecule has 0 aliphatic rings. The predicted octanol–water partition coefficient (Wildman–Crippen LogP) is 5.12. The molecule has 0 saturated heterocycles. The lowest BCUT2D eigenvalue weighted by Crippen LogP contribution is -2.09. The van der Waals surface area contributed by atoms with Crippen molar-refractivity contribution in [3.05, 3.63) is 67.6 Å². The van der Waals surface area contributed by atoms with Crippen LogP contribution in [0.15, 0.2) is 36.4 Å². The Morgan fingerprint density at radius 2 is 1.52 bits per heavy atom. The van der Waals surface area contributed by atoms with Crippen LogP contribution in [0.2, 0.25) is 20.1 Å². The summed E-state index contributed by atoms with van der Waals surface area (Å²) in [5.41, 5.74) is 1.63. The third-order valence-corrected chi connectivity index (χ3v) is 4.36. The van der Waals surface area contributed by atoms with E-state index in [9.17, 15) is 13.5 Å². The zero-order valence-electron chi connectivity index (χ0n) is 13.1. The summed E-state index contributed by atoms with van der Waals surface area (Å²) in [5.74, 6) is -0.213. The van der Waals surface area contributed by atoms with Crippen LogP contribution in [0.4, 0.5) is 0 Å². The van der Waals surface area contributed by atoms with Crippen LogP contribution < -0.4 is 0 Å². The number of aliphatic hydroxyl groups excluding tert-OH is 1. The molecule has 0 fully saturated rings. The fourth-order valence-electron chi connectivity index (χ4n) is 2.11. The summed E-state index contributed by atoms with van der Waals surface area (Å²) in [5, 5.41) is 11.9. The molecule has 25 heavy (non-hydrogen) atoms. The molecule has 1 unspecified atom stereocenters. The first-order chi connectivity index (χ1) is 11.5. The maximum absolute atomic E-state index is 9.65. The first kappa shape index (κ1) is 22.5. The van der Waals surface area contributed by atoms with Crippen LogP contribution in [0, 0.1) is 0 Å². The van der Waals surface area contributed by atoms with Crippen molar-refractivity contribution in [2.24, 2.45) is 0 Å². The van der Waals surface area contributed by atoms with Crippen LogP contribution in [0.5, 0.6) is 0 Å². The SMILES string of the molecule is CS(=O)(=O)O.OCC(Cc1ccc(Cl)cc1Cl)c1c(Cl)cccc1Cl. The van der Waals surface area contributed by atoms with E-state index in [4.69, 9.17) is 51.0 Å². The van der Waals surface area contributed by atoms with Gasteiger partial charge in [0.1, 0.15) is 0 Å². The summed E-state index contributed by atoms with van der Waals surface area (Å²) in [6.45, 7) is -0.0671. The second kappa shape index (κ2) is 9.97. The summed E-state index contributed by atoms with van der Waals surface area (Å²) in [4.78, 5) is 0. The van der Waals surface area contributed by atoms with Gasteiger partial charge in [-0.05, 0) is 41.8 Å². The molecule has 0 heterocycles. The number of benzene rings is 2. The van der Waals surface area contributed by atoms with E-state index in [1.54, 1.807) is 30.3 Å². The number of hydrogen-bond donors (Lipinski definition) is 2. The van der Waals surface area contributed by atoms with Gasteiger partial charge in [-0.1, -0.05) is 58.5 Å². The van der Waals surface area contributed by atoms with Crippen LogP contribution in [-0.2, 0) is 16.5 Å². The van der Waals surface area contributed by atoms with Gasteiger partial charge in [-0.15, -0.1) is 0 Å². The van der Waals surface area contributed by atoms with Crippen molar-refractivity contribution in [1.82, 2.24) is 0 Å². The van der Waals surface area contributed by atoms with Crippen LogP contribution in [-0.4, -0.2) is 30.9 Å². The molecule has 0 aliphatic heterocycles. The highest BCUT2D eigenvalue weighted by Gasteiger charge is 2.19. The highest BCUT2D eigenvalue weighted by Crippen LogP contribution is 2.35. The third-order valence-electron chi connectivity index (χ3n) is 3.11. The van der Waals surface area contributed by atoms with E-state index in [-0.39, 0.29) is 12.5 Å². The van der Waals surface area contributed by atoms with Gasteiger partial charge in [0.15, 0.2) is 0 Å². The van der Waals surface area contributed by atoms with Gasteiger partial charge in [-0.2, -0.15) is 8.42 Å². The second-order valence-corrected chi connectivity index (χ2v) is 8.31. The molecule has 2 aromatic carbocycles. The Labute approximate surface area is 167 Å². The Morgan fingerprint density at radius 3 is 1.96 bits per heavy atom. The number of hydrogen-bond acceptors (Lipinski definition) is 3. The first-order valence-corrected chi connectivity index (χ1v) is 10.3. The molecule has 4 nitrogen and oxygen atoms in total. The van der Waals surface area contributed by atoms with Crippen LogP contribution in [0.3, 0.4) is 0 Å². The molecule has 0 aromatic heterocycles.